The molecule has 8 nitrogen and oxygen atoms in total. The van der Waals surface area contributed by atoms with Gasteiger partial charge in [-0.05, 0) is 44.9 Å². The third-order valence-electron chi connectivity index (χ3n) is 17.2. The molecule has 488 valence electrons. The van der Waals surface area contributed by atoms with E-state index in [2.05, 4.69) is 43.5 Å². The SMILES string of the molecule is CCCCCCCCCCCCCCC/C=C\C/C=C\CCCCCCCCCCCCCCCCCCCC(=O)NC(COP(=O)(O)OCC[N+](C)(C)C)C(O)CCCCCCCCCCCCCCCCCCCCCCCCC. The van der Waals surface area contributed by atoms with Crippen molar-refractivity contribution in [3.8, 4) is 0 Å². The van der Waals surface area contributed by atoms with Crippen LogP contribution in [0.3, 0.4) is 0 Å². The monoisotopic (exact) mass is 1180 g/mol. The zero-order valence-electron chi connectivity index (χ0n) is 56.0. The van der Waals surface area contributed by atoms with Gasteiger partial charge < -0.3 is 19.8 Å². The van der Waals surface area contributed by atoms with E-state index in [1.165, 1.54) is 315 Å². The number of amides is 1. The Balaban J connectivity index is 3.94. The number of allylic oxidation sites excluding steroid dienone is 4. The molecule has 0 saturated carbocycles. The number of quaternary nitrogens is 1. The van der Waals surface area contributed by atoms with E-state index < -0.39 is 20.0 Å². The number of phosphoric acid groups is 1. The Morgan fingerprint density at radius 3 is 1.00 bits per heavy atom. The first kappa shape index (κ1) is 81.0. The van der Waals surface area contributed by atoms with Gasteiger partial charge in [0.25, 0.3) is 0 Å². The number of hydrogen-bond acceptors (Lipinski definition) is 5. The van der Waals surface area contributed by atoms with Gasteiger partial charge in [-0.1, -0.05) is 359 Å². The quantitative estimate of drug-likeness (QED) is 0.0243. The normalized spacial score (nSPS) is 13.7. The van der Waals surface area contributed by atoms with Crippen LogP contribution in [-0.4, -0.2) is 73.4 Å². The number of rotatable bonds is 69. The standard InChI is InChI=1S/C73H145N2O6P/c1-6-8-10-12-14-16-18-20-22-24-26-28-30-31-32-33-34-35-36-37-38-39-40-41-42-43-45-47-49-51-53-55-57-59-61-63-65-67-73(77)74-71(70-81-82(78,79)80-69-68-75(3,4)5)72(76)66-64-62-60-58-56-54-52-50-48-46-44-29-27-25-23-21-19-17-15-13-11-9-7-2/h32-33,35-36,71-72,76H,6-31,34,37-70H2,1-5H3,(H-,74,77,78,79)/p+1/b33-32-,36-35-. The maximum absolute atomic E-state index is 13.1. The van der Waals surface area contributed by atoms with Crippen molar-refractivity contribution in [2.75, 3.05) is 40.9 Å². The van der Waals surface area contributed by atoms with Gasteiger partial charge in [-0.2, -0.15) is 0 Å². The molecule has 9 heteroatoms. The number of likely N-dealkylation sites (N-methyl/N-ethyl adjacent to an activating group) is 1. The number of aliphatic hydroxyl groups is 1. The fourth-order valence-electron chi connectivity index (χ4n) is 11.5. The van der Waals surface area contributed by atoms with Crippen LogP contribution in [0.1, 0.15) is 386 Å². The second kappa shape index (κ2) is 64.5. The Labute approximate surface area is 513 Å². The number of aliphatic hydroxyl groups excluding tert-OH is 1. The molecule has 0 aromatic carbocycles. The average Bonchev–Trinajstić information content (AvgIpc) is 3.47. The van der Waals surface area contributed by atoms with Gasteiger partial charge in [0.1, 0.15) is 13.2 Å². The van der Waals surface area contributed by atoms with E-state index in [0.717, 1.165) is 44.9 Å². The van der Waals surface area contributed by atoms with Gasteiger partial charge in [-0.25, -0.2) is 4.57 Å². The highest BCUT2D eigenvalue weighted by Crippen LogP contribution is 2.43. The molecule has 0 rings (SSSR count). The molecule has 0 fully saturated rings. The number of carbonyl (C=O) groups is 1. The molecule has 0 aromatic rings. The number of nitrogens with zero attached hydrogens (tertiary/aromatic N) is 1. The summed E-state index contributed by atoms with van der Waals surface area (Å²) in [5.74, 6) is -0.136. The van der Waals surface area contributed by atoms with E-state index in [-0.39, 0.29) is 19.1 Å². The number of unbranched alkanes of at least 4 members (excludes halogenated alkanes) is 52. The van der Waals surface area contributed by atoms with E-state index in [0.29, 0.717) is 23.9 Å². The van der Waals surface area contributed by atoms with Crippen molar-refractivity contribution in [3.05, 3.63) is 24.3 Å². The summed E-state index contributed by atoms with van der Waals surface area (Å²) in [4.78, 5) is 23.5. The molecule has 0 bridgehead atoms. The Hall–Kier alpha value is -1.02. The molecule has 3 N–H and O–H groups in total. The molecule has 0 aliphatic rings. The third kappa shape index (κ3) is 66.5. The van der Waals surface area contributed by atoms with E-state index >= 15 is 0 Å². The number of carbonyl (C=O) groups excluding carboxylic acids is 1. The van der Waals surface area contributed by atoms with Crippen molar-refractivity contribution in [2.45, 2.75) is 398 Å². The molecule has 0 radical (unpaired) electrons. The maximum Gasteiger partial charge on any atom is 0.472 e. The van der Waals surface area contributed by atoms with Gasteiger partial charge in [0.05, 0.1) is 39.9 Å². The first-order valence-electron chi connectivity index (χ1n) is 36.7. The molecule has 0 spiro atoms. The smallest absolute Gasteiger partial charge is 0.391 e. The largest absolute Gasteiger partial charge is 0.472 e. The molecule has 1 amide bonds. The number of hydrogen-bond donors (Lipinski definition) is 3. The highest BCUT2D eigenvalue weighted by Gasteiger charge is 2.28. The van der Waals surface area contributed by atoms with Gasteiger partial charge in [-0.15, -0.1) is 0 Å². The topological polar surface area (TPSA) is 105 Å². The summed E-state index contributed by atoms with van der Waals surface area (Å²) in [5, 5.41) is 14.2. The predicted octanol–water partition coefficient (Wildman–Crippen LogP) is 23.4. The highest BCUT2D eigenvalue weighted by atomic mass is 31.2. The van der Waals surface area contributed by atoms with Gasteiger partial charge in [0.15, 0.2) is 0 Å². The Morgan fingerprint density at radius 1 is 0.415 bits per heavy atom. The zero-order valence-corrected chi connectivity index (χ0v) is 56.9. The number of nitrogens with one attached hydrogen (secondary N) is 1. The summed E-state index contributed by atoms with van der Waals surface area (Å²) in [7, 11) is 1.64. The number of phosphoric ester groups is 1. The highest BCUT2D eigenvalue weighted by molar-refractivity contribution is 7.47. The van der Waals surface area contributed by atoms with Crippen LogP contribution in [0.25, 0.3) is 0 Å². The van der Waals surface area contributed by atoms with Crippen LogP contribution in [0.2, 0.25) is 0 Å². The lowest BCUT2D eigenvalue weighted by atomic mass is 10.0. The van der Waals surface area contributed by atoms with Crippen LogP contribution >= 0.6 is 7.82 Å². The van der Waals surface area contributed by atoms with Gasteiger partial charge >= 0.3 is 7.82 Å². The van der Waals surface area contributed by atoms with E-state index in [4.69, 9.17) is 9.05 Å². The molecule has 0 aliphatic carbocycles. The van der Waals surface area contributed by atoms with Crippen molar-refractivity contribution in [1.82, 2.24) is 5.32 Å². The van der Waals surface area contributed by atoms with Crippen LogP contribution in [0.15, 0.2) is 24.3 Å². The summed E-state index contributed by atoms with van der Waals surface area (Å²) in [6.07, 6.45) is 84.4. The van der Waals surface area contributed by atoms with E-state index in [1.54, 1.807) is 0 Å². The van der Waals surface area contributed by atoms with Gasteiger partial charge in [-0.3, -0.25) is 13.8 Å². The first-order chi connectivity index (χ1) is 40.0. The van der Waals surface area contributed by atoms with Crippen molar-refractivity contribution in [2.24, 2.45) is 0 Å². The second-order valence-corrected chi connectivity index (χ2v) is 28.1. The van der Waals surface area contributed by atoms with Crippen LogP contribution in [0, 0.1) is 0 Å². The minimum absolute atomic E-state index is 0.0773. The minimum atomic E-state index is -4.33. The van der Waals surface area contributed by atoms with Gasteiger partial charge in [0, 0.05) is 6.42 Å². The van der Waals surface area contributed by atoms with Crippen LogP contribution in [-0.2, 0) is 18.4 Å². The summed E-state index contributed by atoms with van der Waals surface area (Å²) in [6.45, 7) is 4.96. The molecule has 0 heterocycles. The van der Waals surface area contributed by atoms with Crippen molar-refractivity contribution >= 4 is 13.7 Å². The third-order valence-corrected chi connectivity index (χ3v) is 18.2. The minimum Gasteiger partial charge on any atom is -0.391 e. The fraction of sp³-hybridized carbons (Fsp3) is 0.932. The van der Waals surface area contributed by atoms with Crippen molar-refractivity contribution in [3.63, 3.8) is 0 Å². The lowest BCUT2D eigenvalue weighted by Crippen LogP contribution is -2.46. The van der Waals surface area contributed by atoms with Crippen LogP contribution in [0.5, 0.6) is 0 Å². The fourth-order valence-corrected chi connectivity index (χ4v) is 12.2. The molecular weight excluding hydrogens is 1030 g/mol. The first-order valence-corrected chi connectivity index (χ1v) is 38.2. The molecule has 3 atom stereocenters. The van der Waals surface area contributed by atoms with Crippen molar-refractivity contribution < 1.29 is 32.9 Å². The van der Waals surface area contributed by atoms with E-state index in [1.807, 2.05) is 21.1 Å². The Bertz CT molecular complexity index is 1390. The average molecular weight is 1180 g/mol. The molecule has 0 aromatic heterocycles. The summed E-state index contributed by atoms with van der Waals surface area (Å²) < 4.78 is 23.9. The molecular formula is C73H146N2O6P+. The summed E-state index contributed by atoms with van der Waals surface area (Å²) in [6, 6.07) is -0.760. The Kier molecular flexibility index (Phi) is 63.7. The maximum atomic E-state index is 13.1. The van der Waals surface area contributed by atoms with Gasteiger partial charge in [0.2, 0.25) is 5.91 Å². The predicted molar refractivity (Wildman–Crippen MR) is 360 cm³/mol. The van der Waals surface area contributed by atoms with Crippen molar-refractivity contribution in [1.29, 1.82) is 0 Å². The summed E-state index contributed by atoms with van der Waals surface area (Å²) in [5.41, 5.74) is 0. The second-order valence-electron chi connectivity index (χ2n) is 26.7. The van der Waals surface area contributed by atoms with Crippen LogP contribution in [0.4, 0.5) is 0 Å². The lowest BCUT2D eigenvalue weighted by molar-refractivity contribution is -0.870. The zero-order chi connectivity index (χ0) is 59.8. The molecule has 3 unspecified atom stereocenters. The van der Waals surface area contributed by atoms with E-state index in [9.17, 15) is 19.4 Å². The Morgan fingerprint density at radius 2 is 0.695 bits per heavy atom. The molecule has 0 aliphatic heterocycles. The lowest BCUT2D eigenvalue weighted by Gasteiger charge is -2.26. The van der Waals surface area contributed by atoms with Crippen LogP contribution < -0.4 is 5.32 Å². The molecule has 82 heavy (non-hydrogen) atoms. The molecule has 0 saturated heterocycles. The summed E-state index contributed by atoms with van der Waals surface area (Å²) >= 11 is 0.